The van der Waals surface area contributed by atoms with E-state index in [-0.39, 0.29) is 23.1 Å². The highest BCUT2D eigenvalue weighted by Gasteiger charge is 2.19. The lowest BCUT2D eigenvalue weighted by molar-refractivity contribution is 0.0926. The first-order valence-electron chi connectivity index (χ1n) is 7.42. The van der Waals surface area contributed by atoms with E-state index < -0.39 is 0 Å². The predicted molar refractivity (Wildman–Crippen MR) is 81.3 cm³/mol. The fraction of sp³-hybridized carbons (Fsp3) is 0.438. The van der Waals surface area contributed by atoms with Gasteiger partial charge in [-0.25, -0.2) is 4.98 Å². The molecule has 5 nitrogen and oxygen atoms in total. The highest BCUT2D eigenvalue weighted by molar-refractivity contribution is 5.97. The molecule has 3 rings (SSSR count). The van der Waals surface area contributed by atoms with Gasteiger partial charge in [-0.3, -0.25) is 14.2 Å². The molecule has 0 aliphatic heterocycles. The molecule has 0 saturated heterocycles. The topological polar surface area (TPSA) is 64.0 Å². The van der Waals surface area contributed by atoms with Gasteiger partial charge in [-0.1, -0.05) is 19.3 Å². The Kier molecular flexibility index (Phi) is 3.73. The van der Waals surface area contributed by atoms with E-state index in [1.165, 1.54) is 11.0 Å². The number of nitrogens with zero attached hydrogens (tertiary/aromatic N) is 2. The summed E-state index contributed by atoms with van der Waals surface area (Å²) in [6.45, 7) is 0. The third-order valence-electron chi connectivity index (χ3n) is 4.15. The minimum absolute atomic E-state index is 0.195. The van der Waals surface area contributed by atoms with Crippen molar-refractivity contribution in [1.29, 1.82) is 0 Å². The molecule has 5 heteroatoms. The minimum atomic E-state index is -0.297. The molecule has 0 bridgehead atoms. The number of hydrogen-bond acceptors (Lipinski definition) is 3. The van der Waals surface area contributed by atoms with E-state index in [1.807, 2.05) is 6.07 Å². The Balaban J connectivity index is 1.94. The fourth-order valence-corrected chi connectivity index (χ4v) is 2.97. The summed E-state index contributed by atoms with van der Waals surface area (Å²) in [4.78, 5) is 28.9. The van der Waals surface area contributed by atoms with Crippen LogP contribution in [0, 0.1) is 0 Å². The van der Waals surface area contributed by atoms with Crippen LogP contribution >= 0.6 is 0 Å². The zero-order chi connectivity index (χ0) is 14.8. The summed E-state index contributed by atoms with van der Waals surface area (Å²) in [5.41, 5.74) is 0.495. The van der Waals surface area contributed by atoms with Crippen LogP contribution in [0.1, 0.15) is 42.5 Å². The van der Waals surface area contributed by atoms with Crippen LogP contribution in [-0.2, 0) is 7.05 Å². The Morgan fingerprint density at radius 3 is 2.86 bits per heavy atom. The van der Waals surface area contributed by atoms with Gasteiger partial charge in [-0.15, -0.1) is 0 Å². The van der Waals surface area contributed by atoms with Crippen molar-refractivity contribution < 1.29 is 4.79 Å². The third-order valence-corrected chi connectivity index (χ3v) is 4.15. The number of aromatic nitrogens is 2. The maximum absolute atomic E-state index is 12.4. The number of pyridine rings is 2. The molecule has 21 heavy (non-hydrogen) atoms. The zero-order valence-electron chi connectivity index (χ0n) is 12.1. The SMILES string of the molecule is Cn1c(=O)c(C(=O)NC2CCCCC2)cc2cccnc21. The van der Waals surface area contributed by atoms with Gasteiger partial charge in [-0.2, -0.15) is 0 Å². The molecule has 2 aromatic heterocycles. The average Bonchev–Trinajstić information content (AvgIpc) is 2.52. The highest BCUT2D eigenvalue weighted by Crippen LogP contribution is 2.18. The number of rotatable bonds is 2. The van der Waals surface area contributed by atoms with Crippen molar-refractivity contribution in [3.8, 4) is 0 Å². The van der Waals surface area contributed by atoms with Crippen LogP contribution in [-0.4, -0.2) is 21.5 Å². The second-order valence-corrected chi connectivity index (χ2v) is 5.65. The van der Waals surface area contributed by atoms with Crippen molar-refractivity contribution in [1.82, 2.24) is 14.9 Å². The first-order chi connectivity index (χ1) is 10.2. The normalized spacial score (nSPS) is 16.0. The molecule has 1 aliphatic rings. The lowest BCUT2D eigenvalue weighted by atomic mass is 9.95. The molecule has 2 aromatic rings. The van der Waals surface area contributed by atoms with E-state index in [1.54, 1.807) is 25.4 Å². The standard InChI is InChI=1S/C16H19N3O2/c1-19-14-11(6-5-9-17-14)10-13(16(19)21)15(20)18-12-7-3-2-4-8-12/h5-6,9-10,12H,2-4,7-8H2,1H3,(H,18,20). The van der Waals surface area contributed by atoms with Crippen LogP contribution in [0.15, 0.2) is 29.2 Å². The van der Waals surface area contributed by atoms with Crippen LogP contribution in [0.4, 0.5) is 0 Å². The zero-order valence-corrected chi connectivity index (χ0v) is 12.1. The van der Waals surface area contributed by atoms with Gasteiger partial charge in [-0.05, 0) is 31.0 Å². The number of amides is 1. The lowest BCUT2D eigenvalue weighted by Gasteiger charge is -2.22. The Hall–Kier alpha value is -2.17. The first kappa shape index (κ1) is 13.8. The Morgan fingerprint density at radius 1 is 1.33 bits per heavy atom. The third kappa shape index (κ3) is 2.68. The molecule has 0 unspecified atom stereocenters. The summed E-state index contributed by atoms with van der Waals surface area (Å²) >= 11 is 0. The highest BCUT2D eigenvalue weighted by atomic mass is 16.2. The van der Waals surface area contributed by atoms with Gasteiger partial charge in [0.2, 0.25) is 0 Å². The first-order valence-corrected chi connectivity index (χ1v) is 7.42. The summed E-state index contributed by atoms with van der Waals surface area (Å²) in [7, 11) is 1.65. The smallest absolute Gasteiger partial charge is 0.264 e. The number of hydrogen-bond donors (Lipinski definition) is 1. The summed E-state index contributed by atoms with van der Waals surface area (Å²) in [6.07, 6.45) is 7.16. The maximum Gasteiger partial charge on any atom is 0.264 e. The molecule has 1 aliphatic carbocycles. The van der Waals surface area contributed by atoms with Crippen molar-refractivity contribution in [2.75, 3.05) is 0 Å². The van der Waals surface area contributed by atoms with E-state index in [0.29, 0.717) is 5.65 Å². The molecule has 1 amide bonds. The Labute approximate surface area is 123 Å². The number of aryl methyl sites for hydroxylation is 1. The Bertz CT molecular complexity index is 730. The molecule has 1 N–H and O–H groups in total. The largest absolute Gasteiger partial charge is 0.349 e. The summed E-state index contributed by atoms with van der Waals surface area (Å²) in [5, 5.41) is 3.79. The van der Waals surface area contributed by atoms with Crippen molar-refractivity contribution in [2.24, 2.45) is 7.05 Å². The van der Waals surface area contributed by atoms with Crippen LogP contribution < -0.4 is 10.9 Å². The van der Waals surface area contributed by atoms with E-state index in [0.717, 1.165) is 31.1 Å². The van der Waals surface area contributed by atoms with E-state index >= 15 is 0 Å². The van der Waals surface area contributed by atoms with Gasteiger partial charge < -0.3 is 5.32 Å². The molecule has 1 fully saturated rings. The van der Waals surface area contributed by atoms with Gasteiger partial charge in [0, 0.05) is 24.7 Å². The van der Waals surface area contributed by atoms with Crippen molar-refractivity contribution >= 4 is 16.9 Å². The monoisotopic (exact) mass is 285 g/mol. The summed E-state index contributed by atoms with van der Waals surface area (Å²) in [5.74, 6) is -0.270. The van der Waals surface area contributed by atoms with Gasteiger partial charge in [0.15, 0.2) is 0 Å². The second-order valence-electron chi connectivity index (χ2n) is 5.65. The van der Waals surface area contributed by atoms with E-state index in [2.05, 4.69) is 10.3 Å². The van der Waals surface area contributed by atoms with Crippen molar-refractivity contribution in [3.63, 3.8) is 0 Å². The molecule has 110 valence electrons. The van der Waals surface area contributed by atoms with E-state index in [4.69, 9.17) is 0 Å². The summed E-state index contributed by atoms with van der Waals surface area (Å²) in [6, 6.07) is 5.50. The second kappa shape index (κ2) is 5.68. The molecule has 1 saturated carbocycles. The van der Waals surface area contributed by atoms with Crippen LogP contribution in [0.5, 0.6) is 0 Å². The van der Waals surface area contributed by atoms with Gasteiger partial charge >= 0.3 is 0 Å². The molecule has 0 atom stereocenters. The lowest BCUT2D eigenvalue weighted by Crippen LogP contribution is -2.39. The van der Waals surface area contributed by atoms with Crippen LogP contribution in [0.2, 0.25) is 0 Å². The predicted octanol–water partition coefficient (Wildman–Crippen LogP) is 2.00. The molecule has 2 heterocycles. The number of carbonyl (C=O) groups is 1. The molecular formula is C16H19N3O2. The minimum Gasteiger partial charge on any atom is -0.349 e. The van der Waals surface area contributed by atoms with Crippen LogP contribution in [0.25, 0.3) is 11.0 Å². The van der Waals surface area contributed by atoms with Gasteiger partial charge in [0.1, 0.15) is 11.2 Å². The molecule has 0 aromatic carbocycles. The number of nitrogens with one attached hydrogen (secondary N) is 1. The number of carbonyl (C=O) groups excluding carboxylic acids is 1. The average molecular weight is 285 g/mol. The van der Waals surface area contributed by atoms with Crippen LogP contribution in [0.3, 0.4) is 0 Å². The van der Waals surface area contributed by atoms with Gasteiger partial charge in [0.05, 0.1) is 0 Å². The molecule has 0 radical (unpaired) electrons. The molecule has 0 spiro atoms. The molecular weight excluding hydrogens is 266 g/mol. The Morgan fingerprint density at radius 2 is 2.10 bits per heavy atom. The van der Waals surface area contributed by atoms with E-state index in [9.17, 15) is 9.59 Å². The summed E-state index contributed by atoms with van der Waals surface area (Å²) < 4.78 is 1.44. The number of fused-ring (bicyclic) bond motifs is 1. The van der Waals surface area contributed by atoms with Gasteiger partial charge in [0.25, 0.3) is 11.5 Å². The quantitative estimate of drug-likeness (QED) is 0.918. The maximum atomic E-state index is 12.4. The van der Waals surface area contributed by atoms with Crippen molar-refractivity contribution in [3.05, 3.63) is 40.3 Å². The fourth-order valence-electron chi connectivity index (χ4n) is 2.97. The van der Waals surface area contributed by atoms with Crippen molar-refractivity contribution in [2.45, 2.75) is 38.1 Å².